The Labute approximate surface area is 146 Å². The van der Waals surface area contributed by atoms with Gasteiger partial charge in [0, 0.05) is 38.3 Å². The van der Waals surface area contributed by atoms with E-state index < -0.39 is 0 Å². The Hall–Kier alpha value is -1.55. The Morgan fingerprint density at radius 1 is 1.12 bits per heavy atom. The Kier molecular flexibility index (Phi) is 6.13. The first-order valence-electron chi connectivity index (χ1n) is 9.56. The third-order valence-electron chi connectivity index (χ3n) is 5.52. The van der Waals surface area contributed by atoms with E-state index in [0.29, 0.717) is 12.1 Å². The zero-order chi connectivity index (χ0) is 16.8. The van der Waals surface area contributed by atoms with Gasteiger partial charge in [-0.15, -0.1) is 0 Å². The summed E-state index contributed by atoms with van der Waals surface area (Å²) in [5.41, 5.74) is 1.39. The molecule has 4 nitrogen and oxygen atoms in total. The molecule has 1 heterocycles. The molecule has 3 rings (SSSR count). The van der Waals surface area contributed by atoms with Crippen LogP contribution in [0, 0.1) is 0 Å². The first kappa shape index (κ1) is 17.3. The number of nitrogens with one attached hydrogen (secondary N) is 1. The van der Waals surface area contributed by atoms with E-state index in [1.165, 1.54) is 24.8 Å². The summed E-state index contributed by atoms with van der Waals surface area (Å²) in [7, 11) is 0. The maximum atomic E-state index is 12.5. The molecule has 0 spiro atoms. The van der Waals surface area contributed by atoms with Gasteiger partial charge in [0.1, 0.15) is 0 Å². The second kappa shape index (κ2) is 8.52. The van der Waals surface area contributed by atoms with Crippen LogP contribution in [0.1, 0.15) is 44.6 Å². The quantitative estimate of drug-likeness (QED) is 0.920. The van der Waals surface area contributed by atoms with Crippen molar-refractivity contribution in [2.24, 2.45) is 0 Å². The maximum Gasteiger partial charge on any atom is 0.317 e. The number of hydrogen-bond donors (Lipinski definition) is 1. The number of carbonyl (C=O) groups excluding carboxylic acids is 1. The van der Waals surface area contributed by atoms with Crippen molar-refractivity contribution in [2.75, 3.05) is 26.2 Å². The molecule has 132 valence electrons. The normalized spacial score (nSPS) is 23.2. The fraction of sp³-hybridized carbons (Fsp3) is 0.650. The molecule has 0 bridgehead atoms. The first-order valence-corrected chi connectivity index (χ1v) is 9.56. The van der Waals surface area contributed by atoms with Crippen molar-refractivity contribution >= 4 is 6.03 Å². The summed E-state index contributed by atoms with van der Waals surface area (Å²) in [5.74, 6) is 0. The zero-order valence-corrected chi connectivity index (χ0v) is 14.9. The van der Waals surface area contributed by atoms with Crippen LogP contribution in [0.5, 0.6) is 0 Å². The molecule has 2 aliphatic rings. The zero-order valence-electron chi connectivity index (χ0n) is 14.9. The average molecular weight is 329 g/mol. The van der Waals surface area contributed by atoms with Crippen LogP contribution in [0.4, 0.5) is 4.79 Å². The topological polar surface area (TPSA) is 35.6 Å². The lowest BCUT2D eigenvalue weighted by Gasteiger charge is -2.40. The molecule has 4 heteroatoms. The Morgan fingerprint density at radius 3 is 2.58 bits per heavy atom. The van der Waals surface area contributed by atoms with E-state index in [-0.39, 0.29) is 6.03 Å². The second-order valence-electron chi connectivity index (χ2n) is 7.35. The highest BCUT2D eigenvalue weighted by molar-refractivity contribution is 5.74. The lowest BCUT2D eigenvalue weighted by Crippen LogP contribution is -2.57. The van der Waals surface area contributed by atoms with E-state index in [2.05, 4.69) is 47.5 Å². The maximum absolute atomic E-state index is 12.5. The second-order valence-corrected chi connectivity index (χ2v) is 7.35. The fourth-order valence-corrected chi connectivity index (χ4v) is 3.94. The summed E-state index contributed by atoms with van der Waals surface area (Å²) in [6.45, 7) is 5.98. The van der Waals surface area contributed by atoms with E-state index in [1.54, 1.807) is 0 Å². The summed E-state index contributed by atoms with van der Waals surface area (Å²) >= 11 is 0. The van der Waals surface area contributed by atoms with Crippen molar-refractivity contribution in [3.8, 4) is 0 Å². The number of amides is 2. The minimum Gasteiger partial charge on any atom is -0.335 e. The molecule has 1 aliphatic heterocycles. The molecule has 1 atom stereocenters. The van der Waals surface area contributed by atoms with Crippen molar-refractivity contribution in [2.45, 2.75) is 57.5 Å². The fourth-order valence-electron chi connectivity index (χ4n) is 3.94. The molecule has 1 aromatic rings. The van der Waals surface area contributed by atoms with E-state index in [1.807, 2.05) is 4.90 Å². The van der Waals surface area contributed by atoms with Crippen LogP contribution in [-0.4, -0.2) is 54.1 Å². The number of carbonyl (C=O) groups is 1. The molecule has 1 aromatic carbocycles. The summed E-state index contributed by atoms with van der Waals surface area (Å²) in [5, 5.41) is 3.25. The van der Waals surface area contributed by atoms with Crippen LogP contribution in [-0.2, 0) is 6.42 Å². The number of rotatable bonds is 4. The van der Waals surface area contributed by atoms with Crippen molar-refractivity contribution in [3.05, 3.63) is 35.9 Å². The molecular weight excluding hydrogens is 298 g/mol. The molecule has 1 saturated heterocycles. The van der Waals surface area contributed by atoms with Gasteiger partial charge < -0.3 is 10.2 Å². The number of nitrogens with zero attached hydrogens (tertiary/aromatic N) is 2. The molecular formula is C20H31N3O. The van der Waals surface area contributed by atoms with Gasteiger partial charge in [-0.3, -0.25) is 4.90 Å². The average Bonchev–Trinajstić information content (AvgIpc) is 2.62. The van der Waals surface area contributed by atoms with Gasteiger partial charge in [0.15, 0.2) is 0 Å². The Bertz CT molecular complexity index is 513. The third-order valence-corrected chi connectivity index (χ3v) is 5.52. The van der Waals surface area contributed by atoms with Gasteiger partial charge in [-0.2, -0.15) is 0 Å². The molecule has 1 unspecified atom stereocenters. The van der Waals surface area contributed by atoms with Crippen LogP contribution in [0.3, 0.4) is 0 Å². The van der Waals surface area contributed by atoms with Gasteiger partial charge in [0.2, 0.25) is 0 Å². The van der Waals surface area contributed by atoms with E-state index >= 15 is 0 Å². The van der Waals surface area contributed by atoms with Crippen molar-refractivity contribution in [1.82, 2.24) is 15.1 Å². The van der Waals surface area contributed by atoms with Crippen LogP contribution < -0.4 is 5.32 Å². The van der Waals surface area contributed by atoms with Gasteiger partial charge in [0.05, 0.1) is 0 Å². The highest BCUT2D eigenvalue weighted by Gasteiger charge is 2.27. The van der Waals surface area contributed by atoms with Gasteiger partial charge in [-0.05, 0) is 31.7 Å². The summed E-state index contributed by atoms with van der Waals surface area (Å²) in [4.78, 5) is 17.0. The molecule has 1 aliphatic carbocycles. The molecule has 1 saturated carbocycles. The first-order chi connectivity index (χ1) is 11.7. The number of benzene rings is 1. The molecule has 2 fully saturated rings. The minimum absolute atomic E-state index is 0.149. The smallest absolute Gasteiger partial charge is 0.317 e. The summed E-state index contributed by atoms with van der Waals surface area (Å²) in [6, 6.07) is 11.6. The molecule has 24 heavy (non-hydrogen) atoms. The predicted molar refractivity (Wildman–Crippen MR) is 98.2 cm³/mol. The molecule has 0 radical (unpaired) electrons. The highest BCUT2D eigenvalue weighted by atomic mass is 16.2. The summed E-state index contributed by atoms with van der Waals surface area (Å²) in [6.07, 6.45) is 7.23. The van der Waals surface area contributed by atoms with Gasteiger partial charge in [0.25, 0.3) is 0 Å². The molecule has 2 amide bonds. The number of hydrogen-bond acceptors (Lipinski definition) is 2. The van der Waals surface area contributed by atoms with Gasteiger partial charge in [-0.1, -0.05) is 49.6 Å². The lowest BCUT2D eigenvalue weighted by atomic mass is 9.96. The Balaban J connectivity index is 1.43. The van der Waals surface area contributed by atoms with Crippen LogP contribution >= 0.6 is 0 Å². The predicted octanol–water partition coefficient (Wildman–Crippen LogP) is 3.28. The van der Waals surface area contributed by atoms with Crippen molar-refractivity contribution in [3.63, 3.8) is 0 Å². The Morgan fingerprint density at radius 2 is 1.88 bits per heavy atom. The minimum atomic E-state index is 0.149. The highest BCUT2D eigenvalue weighted by Crippen LogP contribution is 2.18. The van der Waals surface area contributed by atoms with E-state index in [4.69, 9.17) is 0 Å². The van der Waals surface area contributed by atoms with E-state index in [9.17, 15) is 4.79 Å². The molecule has 1 N–H and O–H groups in total. The standard InChI is InChI=1S/C20H31N3O/c1-17-16-23(20(24)21-19-10-6-3-7-11-19)15-14-22(17)13-12-18-8-4-2-5-9-18/h2,4-5,8-9,17,19H,3,6-7,10-16H2,1H3,(H,21,24). The van der Waals surface area contributed by atoms with Crippen molar-refractivity contribution < 1.29 is 4.79 Å². The monoisotopic (exact) mass is 329 g/mol. The van der Waals surface area contributed by atoms with E-state index in [0.717, 1.165) is 45.4 Å². The largest absolute Gasteiger partial charge is 0.335 e. The number of urea groups is 1. The SMILES string of the molecule is CC1CN(C(=O)NC2CCCCC2)CCN1CCc1ccccc1. The third kappa shape index (κ3) is 4.73. The van der Waals surface area contributed by atoms with Gasteiger partial charge >= 0.3 is 6.03 Å². The van der Waals surface area contributed by atoms with Crippen LogP contribution in [0.2, 0.25) is 0 Å². The van der Waals surface area contributed by atoms with Crippen LogP contribution in [0.15, 0.2) is 30.3 Å². The molecule has 0 aromatic heterocycles. The van der Waals surface area contributed by atoms with Gasteiger partial charge in [-0.25, -0.2) is 4.79 Å². The summed E-state index contributed by atoms with van der Waals surface area (Å²) < 4.78 is 0. The number of piperazine rings is 1. The van der Waals surface area contributed by atoms with Crippen LogP contribution in [0.25, 0.3) is 0 Å². The van der Waals surface area contributed by atoms with Crippen molar-refractivity contribution in [1.29, 1.82) is 0 Å². The lowest BCUT2D eigenvalue weighted by molar-refractivity contribution is 0.0969.